The molecule has 118 valence electrons. The summed E-state index contributed by atoms with van der Waals surface area (Å²) in [5.41, 5.74) is 0.411. The lowest BCUT2D eigenvalue weighted by atomic mass is 10.0. The molecule has 0 saturated carbocycles. The van der Waals surface area contributed by atoms with E-state index in [-0.39, 0.29) is 10.8 Å². The van der Waals surface area contributed by atoms with Crippen LogP contribution in [0.5, 0.6) is 0 Å². The lowest BCUT2D eigenvalue weighted by molar-refractivity contribution is -0.120. The third kappa shape index (κ3) is 5.30. The van der Waals surface area contributed by atoms with E-state index in [9.17, 15) is 18.3 Å². The second-order valence-corrected chi connectivity index (χ2v) is 7.78. The molecular formula is C12H14Cl3NO4S. The molecule has 0 aliphatic rings. The van der Waals surface area contributed by atoms with Crippen LogP contribution in [0, 0.1) is 0 Å². The highest BCUT2D eigenvalue weighted by Crippen LogP contribution is 2.20. The van der Waals surface area contributed by atoms with Crippen LogP contribution in [-0.4, -0.2) is 42.4 Å². The Kier molecular flexibility index (Phi) is 6.74. The summed E-state index contributed by atoms with van der Waals surface area (Å²) in [6.45, 7) is 0. The zero-order valence-corrected chi connectivity index (χ0v) is 14.0. The van der Waals surface area contributed by atoms with Crippen molar-refractivity contribution in [3.05, 3.63) is 29.8 Å². The van der Waals surface area contributed by atoms with Crippen LogP contribution in [0.4, 0.5) is 0 Å². The number of carbonyl (C=O) groups excluding carboxylic acids is 1. The summed E-state index contributed by atoms with van der Waals surface area (Å²) in [4.78, 5) is 10.3. The van der Waals surface area contributed by atoms with Gasteiger partial charge in [0.1, 0.15) is 6.10 Å². The van der Waals surface area contributed by atoms with Gasteiger partial charge in [0.05, 0.1) is 10.9 Å². The quantitative estimate of drug-likeness (QED) is 0.742. The second-order valence-electron chi connectivity index (χ2n) is 4.36. The molecule has 0 aromatic heterocycles. The van der Waals surface area contributed by atoms with Gasteiger partial charge in [-0.15, -0.1) is 11.6 Å². The minimum Gasteiger partial charge on any atom is -0.386 e. The Bertz CT molecular complexity index is 589. The van der Waals surface area contributed by atoms with Gasteiger partial charge in [-0.2, -0.15) is 0 Å². The van der Waals surface area contributed by atoms with Crippen molar-refractivity contribution in [1.82, 2.24) is 5.32 Å². The van der Waals surface area contributed by atoms with Crippen molar-refractivity contribution >= 4 is 50.5 Å². The number of halogens is 3. The van der Waals surface area contributed by atoms with Gasteiger partial charge >= 0.3 is 0 Å². The van der Waals surface area contributed by atoms with Crippen LogP contribution in [-0.2, 0) is 14.6 Å². The highest BCUT2D eigenvalue weighted by Gasteiger charge is 2.24. The topological polar surface area (TPSA) is 83.5 Å². The molecule has 9 heteroatoms. The normalized spacial score (nSPS) is 14.8. The van der Waals surface area contributed by atoms with E-state index in [4.69, 9.17) is 34.8 Å². The number of aliphatic hydroxyl groups excluding tert-OH is 1. The molecule has 2 atom stereocenters. The first-order chi connectivity index (χ1) is 9.66. The molecule has 1 aromatic carbocycles. The zero-order valence-electron chi connectivity index (χ0n) is 11.0. The summed E-state index contributed by atoms with van der Waals surface area (Å²) >= 11 is 16.5. The van der Waals surface area contributed by atoms with Gasteiger partial charge in [-0.25, -0.2) is 8.42 Å². The van der Waals surface area contributed by atoms with Crippen molar-refractivity contribution in [1.29, 1.82) is 0 Å². The smallest absolute Gasteiger partial charge is 0.253 e. The van der Waals surface area contributed by atoms with Crippen LogP contribution in [0.3, 0.4) is 0 Å². The first-order valence-corrected chi connectivity index (χ1v) is 9.09. The van der Waals surface area contributed by atoms with Crippen LogP contribution in [0.15, 0.2) is 29.2 Å². The molecule has 5 nitrogen and oxygen atoms in total. The SMILES string of the molecule is CS(=O)(=O)c1ccc([C@@H](O)C(CCl)NC(=O)C(Cl)Cl)cc1. The van der Waals surface area contributed by atoms with E-state index < -0.39 is 32.7 Å². The molecular weight excluding hydrogens is 361 g/mol. The van der Waals surface area contributed by atoms with Gasteiger partial charge in [-0.05, 0) is 17.7 Å². The van der Waals surface area contributed by atoms with Gasteiger partial charge in [0.15, 0.2) is 14.7 Å². The number of benzene rings is 1. The van der Waals surface area contributed by atoms with Gasteiger partial charge in [0.25, 0.3) is 5.91 Å². The lowest BCUT2D eigenvalue weighted by Gasteiger charge is -2.22. The summed E-state index contributed by atoms with van der Waals surface area (Å²) in [6.07, 6.45) is -0.0338. The van der Waals surface area contributed by atoms with E-state index in [0.717, 1.165) is 6.26 Å². The molecule has 0 bridgehead atoms. The molecule has 21 heavy (non-hydrogen) atoms. The fourth-order valence-corrected chi connectivity index (χ4v) is 2.59. The maximum Gasteiger partial charge on any atom is 0.253 e. The summed E-state index contributed by atoms with van der Waals surface area (Å²) in [5.74, 6) is -0.739. The van der Waals surface area contributed by atoms with Gasteiger partial charge < -0.3 is 10.4 Å². The van der Waals surface area contributed by atoms with Gasteiger partial charge in [0.2, 0.25) is 0 Å². The van der Waals surface area contributed by atoms with Crippen LogP contribution < -0.4 is 5.32 Å². The van der Waals surface area contributed by atoms with Gasteiger partial charge in [0, 0.05) is 12.1 Å². The highest BCUT2D eigenvalue weighted by atomic mass is 35.5. The molecule has 0 saturated heterocycles. The van der Waals surface area contributed by atoms with E-state index in [1.807, 2.05) is 0 Å². The van der Waals surface area contributed by atoms with Crippen molar-refractivity contribution in [2.75, 3.05) is 12.1 Å². The monoisotopic (exact) mass is 373 g/mol. The molecule has 1 unspecified atom stereocenters. The van der Waals surface area contributed by atoms with Crippen molar-refractivity contribution in [3.8, 4) is 0 Å². The molecule has 2 N–H and O–H groups in total. The Balaban J connectivity index is 2.90. The number of sulfone groups is 1. The summed E-state index contributed by atoms with van der Waals surface area (Å²) < 4.78 is 22.7. The fraction of sp³-hybridized carbons (Fsp3) is 0.417. The Labute approximate surface area is 138 Å². The first kappa shape index (κ1) is 18.5. The molecule has 0 radical (unpaired) electrons. The second kappa shape index (κ2) is 7.65. The minimum atomic E-state index is -3.31. The zero-order chi connectivity index (χ0) is 16.2. The molecule has 0 aliphatic carbocycles. The Morgan fingerprint density at radius 2 is 1.81 bits per heavy atom. The summed E-state index contributed by atoms with van der Waals surface area (Å²) in [5, 5.41) is 12.6. The number of rotatable bonds is 6. The number of hydrogen-bond acceptors (Lipinski definition) is 4. The summed E-state index contributed by atoms with van der Waals surface area (Å²) in [7, 11) is -3.31. The first-order valence-electron chi connectivity index (χ1n) is 5.79. The third-order valence-electron chi connectivity index (χ3n) is 2.72. The average molecular weight is 375 g/mol. The van der Waals surface area contributed by atoms with Crippen LogP contribution in [0.1, 0.15) is 11.7 Å². The number of amides is 1. The van der Waals surface area contributed by atoms with Crippen molar-refractivity contribution in [2.24, 2.45) is 0 Å². The number of nitrogens with one attached hydrogen (secondary N) is 1. The number of carbonyl (C=O) groups is 1. The van der Waals surface area contributed by atoms with Crippen molar-refractivity contribution in [3.63, 3.8) is 0 Å². The Hall–Kier alpha value is -0.530. The van der Waals surface area contributed by atoms with Crippen molar-refractivity contribution < 1.29 is 18.3 Å². The number of aliphatic hydroxyl groups is 1. The van der Waals surface area contributed by atoms with Crippen molar-refractivity contribution in [2.45, 2.75) is 21.9 Å². The molecule has 1 aromatic rings. The standard InChI is InChI=1S/C12H14Cl3NO4S/c1-21(19,20)8-4-2-7(3-5-8)10(17)9(6-13)16-12(18)11(14)15/h2-5,9-11,17H,6H2,1H3,(H,16,18)/t9?,10-/m1/s1. The van der Waals surface area contributed by atoms with E-state index in [0.29, 0.717) is 5.56 Å². The Morgan fingerprint density at radius 1 is 1.29 bits per heavy atom. The van der Waals surface area contributed by atoms with E-state index in [1.165, 1.54) is 24.3 Å². The van der Waals surface area contributed by atoms with Crippen LogP contribution >= 0.6 is 34.8 Å². The predicted octanol–water partition coefficient (Wildman–Crippen LogP) is 1.65. The minimum absolute atomic E-state index is 0.0682. The molecule has 0 spiro atoms. The molecule has 0 heterocycles. The maximum absolute atomic E-state index is 11.4. The number of hydrogen-bond donors (Lipinski definition) is 2. The third-order valence-corrected chi connectivity index (χ3v) is 4.58. The fourth-order valence-electron chi connectivity index (χ4n) is 1.59. The number of alkyl halides is 3. The molecule has 0 fully saturated rings. The van der Waals surface area contributed by atoms with E-state index in [1.54, 1.807) is 0 Å². The average Bonchev–Trinajstić information content (AvgIpc) is 2.42. The van der Waals surface area contributed by atoms with Crippen LogP contribution in [0.25, 0.3) is 0 Å². The van der Waals surface area contributed by atoms with E-state index >= 15 is 0 Å². The molecule has 1 amide bonds. The Morgan fingerprint density at radius 3 is 2.19 bits per heavy atom. The van der Waals surface area contributed by atoms with Gasteiger partial charge in [-0.3, -0.25) is 4.79 Å². The lowest BCUT2D eigenvalue weighted by Crippen LogP contribution is -2.43. The predicted molar refractivity (Wildman–Crippen MR) is 82.7 cm³/mol. The largest absolute Gasteiger partial charge is 0.386 e. The summed E-state index contributed by atoms with van der Waals surface area (Å²) in [6, 6.07) is 4.83. The van der Waals surface area contributed by atoms with Gasteiger partial charge in [-0.1, -0.05) is 35.3 Å². The van der Waals surface area contributed by atoms with Crippen LogP contribution in [0.2, 0.25) is 0 Å². The maximum atomic E-state index is 11.4. The van der Waals surface area contributed by atoms with E-state index in [2.05, 4.69) is 5.32 Å². The molecule has 0 aliphatic heterocycles. The molecule has 1 rings (SSSR count). The highest BCUT2D eigenvalue weighted by molar-refractivity contribution is 7.90.